The van der Waals surface area contributed by atoms with Gasteiger partial charge in [-0.2, -0.15) is 0 Å². The van der Waals surface area contributed by atoms with Crippen molar-refractivity contribution in [3.05, 3.63) is 58.6 Å². The first-order valence-electron chi connectivity index (χ1n) is 5.27. The van der Waals surface area contributed by atoms with Crippen LogP contribution in [0.1, 0.15) is 5.56 Å². The summed E-state index contributed by atoms with van der Waals surface area (Å²) >= 11 is 0. The van der Waals surface area contributed by atoms with Crippen LogP contribution in [0.4, 0.5) is 0 Å². The molecule has 84 valence electrons. The van der Waals surface area contributed by atoms with E-state index in [1.165, 1.54) is 6.07 Å². The Morgan fingerprint density at radius 3 is 3.00 bits per heavy atom. The van der Waals surface area contributed by atoms with Gasteiger partial charge in [0, 0.05) is 17.8 Å². The molecule has 2 aromatic heterocycles. The van der Waals surface area contributed by atoms with Gasteiger partial charge in [0.2, 0.25) is 5.56 Å². The summed E-state index contributed by atoms with van der Waals surface area (Å²) in [7, 11) is 0. The number of nitrogens with zero attached hydrogens (tertiary/aromatic N) is 3. The molecule has 5 heteroatoms. The Morgan fingerprint density at radius 2 is 2.18 bits per heavy atom. The molecule has 0 aliphatic carbocycles. The summed E-state index contributed by atoms with van der Waals surface area (Å²) in [5.74, 6) is 0. The molecule has 3 aromatic rings. The fourth-order valence-electron chi connectivity index (χ4n) is 1.81. The average Bonchev–Trinajstić information content (AvgIpc) is 2.82. The number of hydrogen-bond donors (Lipinski definition) is 1. The first-order valence-corrected chi connectivity index (χ1v) is 5.27. The molecule has 2 heterocycles. The lowest BCUT2D eigenvalue weighted by Gasteiger charge is -2.03. The van der Waals surface area contributed by atoms with E-state index >= 15 is 0 Å². The number of aromatic amines is 1. The van der Waals surface area contributed by atoms with Crippen LogP contribution in [0.15, 0.2) is 47.5 Å². The molecule has 0 bridgehead atoms. The second kappa shape index (κ2) is 3.86. The van der Waals surface area contributed by atoms with Crippen LogP contribution in [0, 0.1) is 0 Å². The molecule has 17 heavy (non-hydrogen) atoms. The normalized spacial score (nSPS) is 10.8. The predicted molar refractivity (Wildman–Crippen MR) is 63.7 cm³/mol. The molecule has 0 radical (unpaired) electrons. The topological polar surface area (TPSA) is 63.6 Å². The molecule has 0 atom stereocenters. The van der Waals surface area contributed by atoms with Crippen molar-refractivity contribution in [2.24, 2.45) is 0 Å². The van der Waals surface area contributed by atoms with Crippen molar-refractivity contribution in [3.8, 4) is 0 Å². The summed E-state index contributed by atoms with van der Waals surface area (Å²) in [6, 6.07) is 9.26. The van der Waals surface area contributed by atoms with Gasteiger partial charge in [0.05, 0.1) is 12.7 Å². The Labute approximate surface area is 96.7 Å². The van der Waals surface area contributed by atoms with Gasteiger partial charge in [0.15, 0.2) is 0 Å². The largest absolute Gasteiger partial charge is 0.322 e. The van der Waals surface area contributed by atoms with Crippen LogP contribution in [0.3, 0.4) is 0 Å². The quantitative estimate of drug-likeness (QED) is 0.713. The molecule has 0 saturated carbocycles. The lowest BCUT2D eigenvalue weighted by Crippen LogP contribution is -2.03. The Balaban J connectivity index is 2.02. The maximum absolute atomic E-state index is 11.1. The zero-order valence-electron chi connectivity index (χ0n) is 9.00. The van der Waals surface area contributed by atoms with Crippen LogP contribution in [0.2, 0.25) is 0 Å². The SMILES string of the molecule is O=c1ccc2cc(Cn3ccnn3)ccc2[nH]1. The highest BCUT2D eigenvalue weighted by molar-refractivity contribution is 5.78. The van der Waals surface area contributed by atoms with E-state index < -0.39 is 0 Å². The standard InChI is InChI=1S/C12H10N4O/c17-12-4-2-10-7-9(1-3-11(10)14-12)8-16-6-5-13-15-16/h1-7H,8H2,(H,14,17). The Bertz CT molecular complexity index is 700. The van der Waals surface area contributed by atoms with Crippen LogP contribution >= 0.6 is 0 Å². The Hall–Kier alpha value is -2.43. The molecule has 0 amide bonds. The Kier molecular flexibility index (Phi) is 2.22. The molecule has 3 rings (SSSR count). The smallest absolute Gasteiger partial charge is 0.248 e. The van der Waals surface area contributed by atoms with E-state index in [1.807, 2.05) is 30.5 Å². The molecule has 0 unspecified atom stereocenters. The van der Waals surface area contributed by atoms with Crippen LogP contribution in [-0.2, 0) is 6.54 Å². The van der Waals surface area contributed by atoms with Crippen molar-refractivity contribution in [2.45, 2.75) is 6.54 Å². The van der Waals surface area contributed by atoms with Crippen LogP contribution in [0.5, 0.6) is 0 Å². The van der Waals surface area contributed by atoms with Gasteiger partial charge in [-0.3, -0.25) is 4.79 Å². The van der Waals surface area contributed by atoms with Gasteiger partial charge in [0.25, 0.3) is 0 Å². The predicted octanol–water partition coefficient (Wildman–Crippen LogP) is 1.17. The van der Waals surface area contributed by atoms with E-state index in [0.29, 0.717) is 6.54 Å². The van der Waals surface area contributed by atoms with Crippen molar-refractivity contribution in [1.29, 1.82) is 0 Å². The summed E-state index contributed by atoms with van der Waals surface area (Å²) in [6.45, 7) is 0.676. The van der Waals surface area contributed by atoms with E-state index in [1.54, 1.807) is 10.9 Å². The van der Waals surface area contributed by atoms with Crippen molar-refractivity contribution in [1.82, 2.24) is 20.0 Å². The number of rotatable bonds is 2. The van der Waals surface area contributed by atoms with Crippen molar-refractivity contribution in [3.63, 3.8) is 0 Å². The van der Waals surface area contributed by atoms with Gasteiger partial charge < -0.3 is 4.98 Å². The molecule has 1 N–H and O–H groups in total. The molecule has 0 spiro atoms. The summed E-state index contributed by atoms with van der Waals surface area (Å²) in [5.41, 5.74) is 1.89. The van der Waals surface area contributed by atoms with E-state index in [9.17, 15) is 4.79 Å². The second-order valence-corrected chi connectivity index (χ2v) is 3.84. The number of fused-ring (bicyclic) bond motifs is 1. The monoisotopic (exact) mass is 226 g/mol. The van der Waals surface area contributed by atoms with Gasteiger partial charge in [0.1, 0.15) is 0 Å². The molecule has 0 saturated heterocycles. The number of hydrogen-bond acceptors (Lipinski definition) is 3. The molecule has 1 aromatic carbocycles. The highest BCUT2D eigenvalue weighted by Crippen LogP contribution is 2.12. The number of H-pyrrole nitrogens is 1. The van der Waals surface area contributed by atoms with Crippen LogP contribution < -0.4 is 5.56 Å². The zero-order chi connectivity index (χ0) is 11.7. The number of benzene rings is 1. The van der Waals surface area contributed by atoms with Gasteiger partial charge in [-0.15, -0.1) is 5.10 Å². The maximum Gasteiger partial charge on any atom is 0.248 e. The van der Waals surface area contributed by atoms with Crippen molar-refractivity contribution >= 4 is 10.9 Å². The minimum absolute atomic E-state index is 0.0819. The lowest BCUT2D eigenvalue weighted by molar-refractivity contribution is 0.650. The molecule has 0 fully saturated rings. The third-order valence-corrected chi connectivity index (χ3v) is 2.60. The summed E-state index contributed by atoms with van der Waals surface area (Å²) < 4.78 is 1.76. The van der Waals surface area contributed by atoms with Gasteiger partial charge >= 0.3 is 0 Å². The highest BCUT2D eigenvalue weighted by atomic mass is 16.1. The van der Waals surface area contributed by atoms with E-state index in [0.717, 1.165) is 16.5 Å². The minimum atomic E-state index is -0.0819. The molecule has 0 aliphatic heterocycles. The summed E-state index contributed by atoms with van der Waals surface area (Å²) in [5, 5.41) is 8.69. The molecule has 0 aliphatic rings. The minimum Gasteiger partial charge on any atom is -0.322 e. The fraction of sp³-hybridized carbons (Fsp3) is 0.0833. The zero-order valence-corrected chi connectivity index (χ0v) is 9.00. The summed E-state index contributed by atoms with van der Waals surface area (Å²) in [4.78, 5) is 13.9. The summed E-state index contributed by atoms with van der Waals surface area (Å²) in [6.07, 6.45) is 3.47. The number of aromatic nitrogens is 4. The van der Waals surface area contributed by atoms with Gasteiger partial charge in [-0.05, 0) is 29.1 Å². The third-order valence-electron chi connectivity index (χ3n) is 2.60. The number of pyridine rings is 1. The maximum atomic E-state index is 11.1. The molecular formula is C12H10N4O. The van der Waals surface area contributed by atoms with Crippen molar-refractivity contribution < 1.29 is 0 Å². The highest BCUT2D eigenvalue weighted by Gasteiger charge is 1.99. The fourth-order valence-corrected chi connectivity index (χ4v) is 1.81. The molecular weight excluding hydrogens is 216 g/mol. The van der Waals surface area contributed by atoms with Gasteiger partial charge in [-0.25, -0.2) is 4.68 Å². The van der Waals surface area contributed by atoms with Gasteiger partial charge in [-0.1, -0.05) is 11.3 Å². The second-order valence-electron chi connectivity index (χ2n) is 3.84. The Morgan fingerprint density at radius 1 is 1.24 bits per heavy atom. The van der Waals surface area contributed by atoms with E-state index in [2.05, 4.69) is 15.3 Å². The van der Waals surface area contributed by atoms with E-state index in [-0.39, 0.29) is 5.56 Å². The first-order chi connectivity index (χ1) is 8.31. The lowest BCUT2D eigenvalue weighted by atomic mass is 10.1. The van der Waals surface area contributed by atoms with Crippen LogP contribution in [0.25, 0.3) is 10.9 Å². The van der Waals surface area contributed by atoms with Crippen LogP contribution in [-0.4, -0.2) is 20.0 Å². The average molecular weight is 226 g/mol. The molecule has 5 nitrogen and oxygen atoms in total. The third kappa shape index (κ3) is 1.94. The first kappa shape index (κ1) is 9.77. The van der Waals surface area contributed by atoms with E-state index in [4.69, 9.17) is 0 Å². The van der Waals surface area contributed by atoms with Crippen molar-refractivity contribution in [2.75, 3.05) is 0 Å². The number of nitrogens with one attached hydrogen (secondary N) is 1.